The number of phenolic OH excluding ortho intramolecular Hbond substituents is 1. The maximum Gasteiger partial charge on any atom is 0.244 e. The molecule has 3 nitrogen and oxygen atoms in total. The molecule has 0 saturated carbocycles. The maximum atomic E-state index is 13.2. The summed E-state index contributed by atoms with van der Waals surface area (Å²) in [4.78, 5) is 13.2. The van der Waals surface area contributed by atoms with E-state index >= 15 is 0 Å². The van der Waals surface area contributed by atoms with Gasteiger partial charge in [0.2, 0.25) is 5.91 Å². The summed E-state index contributed by atoms with van der Waals surface area (Å²) in [6.45, 7) is 1.96. The quantitative estimate of drug-likeness (QED) is 0.751. The number of nitrogens with one attached hydrogen (secondary N) is 1. The number of carbonyl (C=O) groups is 1. The molecule has 3 aromatic rings. The van der Waals surface area contributed by atoms with Crippen molar-refractivity contribution in [3.05, 3.63) is 95.1 Å². The average Bonchev–Trinajstić information content (AvgIpc) is 2.90. The predicted octanol–water partition coefficient (Wildman–Crippen LogP) is 3.99. The van der Waals surface area contributed by atoms with E-state index < -0.39 is 5.41 Å². The first-order valence-corrected chi connectivity index (χ1v) is 7.90. The van der Waals surface area contributed by atoms with Crippen LogP contribution in [-0.4, -0.2) is 11.0 Å². The van der Waals surface area contributed by atoms with Gasteiger partial charge in [0.15, 0.2) is 0 Å². The summed E-state index contributed by atoms with van der Waals surface area (Å²) in [6, 6.07) is 22.7. The molecule has 0 saturated heterocycles. The van der Waals surface area contributed by atoms with E-state index in [1.54, 1.807) is 6.07 Å². The number of para-hydroxylation sites is 1. The topological polar surface area (TPSA) is 49.3 Å². The monoisotopic (exact) mass is 315 g/mol. The van der Waals surface area contributed by atoms with Gasteiger partial charge in [0.25, 0.3) is 0 Å². The lowest BCUT2D eigenvalue weighted by molar-refractivity contribution is -0.118. The Morgan fingerprint density at radius 2 is 1.58 bits per heavy atom. The first kappa shape index (κ1) is 14.5. The van der Waals surface area contributed by atoms with Gasteiger partial charge in [-0.05, 0) is 24.6 Å². The molecule has 1 amide bonds. The fraction of sp³-hybridized carbons (Fsp3) is 0.0952. The molecule has 3 aromatic carbocycles. The normalized spacial score (nSPS) is 19.0. The minimum Gasteiger partial charge on any atom is -0.508 e. The van der Waals surface area contributed by atoms with E-state index in [1.165, 1.54) is 0 Å². The lowest BCUT2D eigenvalue weighted by atomic mass is 9.69. The molecule has 0 fully saturated rings. The highest BCUT2D eigenvalue weighted by Crippen LogP contribution is 2.50. The maximum absolute atomic E-state index is 13.2. The van der Waals surface area contributed by atoms with E-state index in [0.29, 0.717) is 5.56 Å². The molecule has 1 aliphatic rings. The lowest BCUT2D eigenvalue weighted by Crippen LogP contribution is -2.37. The Labute approximate surface area is 140 Å². The third-order valence-electron chi connectivity index (χ3n) is 4.68. The number of fused-ring (bicyclic) bond motifs is 1. The van der Waals surface area contributed by atoms with Crippen LogP contribution in [0.15, 0.2) is 72.8 Å². The van der Waals surface area contributed by atoms with Crippen LogP contribution in [0.3, 0.4) is 0 Å². The minimum atomic E-state index is -1.05. The van der Waals surface area contributed by atoms with Crippen LogP contribution in [0.25, 0.3) is 0 Å². The third-order valence-corrected chi connectivity index (χ3v) is 4.68. The van der Waals surface area contributed by atoms with Crippen LogP contribution in [0.4, 0.5) is 5.69 Å². The second-order valence-electron chi connectivity index (χ2n) is 6.14. The number of aromatic hydroxyl groups is 1. The number of hydrogen-bond donors (Lipinski definition) is 2. The van der Waals surface area contributed by atoms with Crippen LogP contribution in [0.5, 0.6) is 5.75 Å². The molecule has 0 aliphatic carbocycles. The van der Waals surface area contributed by atoms with Crippen molar-refractivity contribution in [3.63, 3.8) is 0 Å². The number of hydrogen-bond acceptors (Lipinski definition) is 2. The molecule has 2 N–H and O–H groups in total. The summed E-state index contributed by atoms with van der Waals surface area (Å²) in [7, 11) is 0. The molecule has 1 heterocycles. The van der Waals surface area contributed by atoms with Gasteiger partial charge in [0.1, 0.15) is 11.2 Å². The Hall–Kier alpha value is -3.07. The van der Waals surface area contributed by atoms with Crippen LogP contribution in [-0.2, 0) is 10.2 Å². The van der Waals surface area contributed by atoms with Crippen LogP contribution in [0.2, 0.25) is 0 Å². The predicted molar refractivity (Wildman–Crippen MR) is 94.2 cm³/mol. The van der Waals surface area contributed by atoms with Crippen molar-refractivity contribution in [2.24, 2.45) is 0 Å². The summed E-state index contributed by atoms with van der Waals surface area (Å²) in [5.74, 6) is -0.0212. The van der Waals surface area contributed by atoms with Crippen LogP contribution in [0.1, 0.15) is 22.3 Å². The molecule has 0 spiro atoms. The van der Waals surface area contributed by atoms with Gasteiger partial charge in [0.05, 0.1) is 0 Å². The largest absolute Gasteiger partial charge is 0.508 e. The van der Waals surface area contributed by atoms with Crippen molar-refractivity contribution in [3.8, 4) is 5.75 Å². The molecular formula is C21H17NO2. The van der Waals surface area contributed by atoms with Crippen molar-refractivity contribution in [1.82, 2.24) is 0 Å². The Morgan fingerprint density at radius 3 is 2.38 bits per heavy atom. The van der Waals surface area contributed by atoms with Crippen molar-refractivity contribution >= 4 is 11.6 Å². The van der Waals surface area contributed by atoms with Gasteiger partial charge in [-0.3, -0.25) is 4.79 Å². The summed E-state index contributed by atoms with van der Waals surface area (Å²) in [5.41, 5.74) is 3.04. The van der Waals surface area contributed by atoms with E-state index in [4.69, 9.17) is 0 Å². The molecule has 24 heavy (non-hydrogen) atoms. The highest BCUT2D eigenvalue weighted by Gasteiger charge is 2.50. The molecule has 3 heteroatoms. The summed E-state index contributed by atoms with van der Waals surface area (Å²) >= 11 is 0. The molecule has 1 atom stereocenters. The first-order valence-electron chi connectivity index (χ1n) is 7.90. The molecule has 0 radical (unpaired) electrons. The van der Waals surface area contributed by atoms with E-state index in [9.17, 15) is 9.90 Å². The smallest absolute Gasteiger partial charge is 0.244 e. The number of carbonyl (C=O) groups excluding carboxylic acids is 1. The van der Waals surface area contributed by atoms with Gasteiger partial charge >= 0.3 is 0 Å². The van der Waals surface area contributed by atoms with Gasteiger partial charge in [0, 0.05) is 16.8 Å². The molecule has 0 aromatic heterocycles. The second-order valence-corrected chi connectivity index (χ2v) is 6.14. The summed E-state index contributed by atoms with van der Waals surface area (Å²) in [5, 5.41) is 13.6. The van der Waals surface area contributed by atoms with E-state index in [2.05, 4.69) is 5.32 Å². The van der Waals surface area contributed by atoms with Gasteiger partial charge in [-0.2, -0.15) is 0 Å². The average molecular weight is 315 g/mol. The molecular weight excluding hydrogens is 298 g/mol. The third kappa shape index (κ3) is 1.88. The highest BCUT2D eigenvalue weighted by atomic mass is 16.3. The Morgan fingerprint density at radius 1 is 0.875 bits per heavy atom. The van der Waals surface area contributed by atoms with Crippen LogP contribution >= 0.6 is 0 Å². The lowest BCUT2D eigenvalue weighted by Gasteiger charge is -2.29. The summed E-state index contributed by atoms with van der Waals surface area (Å²) < 4.78 is 0. The Bertz CT molecular complexity index is 934. The number of phenols is 1. The standard InChI is InChI=1S/C21H17NO2/c1-14-11-12-19(23)17(13-14)21(15-7-3-2-4-8-15)16-9-5-6-10-18(16)22-20(21)24/h2-13,23H,1H3,(H,22,24). The molecule has 1 aliphatic heterocycles. The van der Waals surface area contributed by atoms with Crippen molar-refractivity contribution in [2.75, 3.05) is 5.32 Å². The SMILES string of the molecule is Cc1ccc(O)c(C2(c3ccccc3)C(=O)Nc3ccccc32)c1. The Balaban J connectivity index is 2.13. The minimum absolute atomic E-state index is 0.122. The number of rotatable bonds is 2. The fourth-order valence-corrected chi connectivity index (χ4v) is 3.61. The van der Waals surface area contributed by atoms with Gasteiger partial charge < -0.3 is 10.4 Å². The number of aryl methyl sites for hydroxylation is 1. The van der Waals surface area contributed by atoms with E-state index in [-0.39, 0.29) is 11.7 Å². The van der Waals surface area contributed by atoms with Crippen molar-refractivity contribution in [1.29, 1.82) is 0 Å². The van der Waals surface area contributed by atoms with Crippen LogP contribution < -0.4 is 5.32 Å². The van der Waals surface area contributed by atoms with Gasteiger partial charge in [-0.1, -0.05) is 66.2 Å². The van der Waals surface area contributed by atoms with Crippen LogP contribution in [0, 0.1) is 6.92 Å². The zero-order valence-electron chi connectivity index (χ0n) is 13.3. The molecule has 4 rings (SSSR count). The Kier molecular flexibility index (Phi) is 3.17. The highest BCUT2D eigenvalue weighted by molar-refractivity contribution is 6.11. The summed E-state index contributed by atoms with van der Waals surface area (Å²) in [6.07, 6.45) is 0. The fourth-order valence-electron chi connectivity index (χ4n) is 3.61. The zero-order chi connectivity index (χ0) is 16.7. The first-order chi connectivity index (χ1) is 11.6. The van der Waals surface area contributed by atoms with Crippen molar-refractivity contribution < 1.29 is 9.90 Å². The van der Waals surface area contributed by atoms with Gasteiger partial charge in [-0.25, -0.2) is 0 Å². The number of anilines is 1. The number of benzene rings is 3. The van der Waals surface area contributed by atoms with E-state index in [1.807, 2.05) is 73.7 Å². The number of amides is 1. The molecule has 1 unspecified atom stereocenters. The zero-order valence-corrected chi connectivity index (χ0v) is 13.3. The van der Waals surface area contributed by atoms with Crippen molar-refractivity contribution in [2.45, 2.75) is 12.3 Å². The van der Waals surface area contributed by atoms with Gasteiger partial charge in [-0.15, -0.1) is 0 Å². The van der Waals surface area contributed by atoms with E-state index in [0.717, 1.165) is 22.4 Å². The second kappa shape index (κ2) is 5.24. The molecule has 118 valence electrons. The molecule has 0 bridgehead atoms.